The van der Waals surface area contributed by atoms with Gasteiger partial charge < -0.3 is 5.11 Å². The van der Waals surface area contributed by atoms with Crippen molar-refractivity contribution in [1.82, 2.24) is 4.90 Å². The first-order valence-corrected chi connectivity index (χ1v) is 5.99. The van der Waals surface area contributed by atoms with Crippen molar-refractivity contribution in [3.8, 4) is 0 Å². The first-order valence-electron chi connectivity index (χ1n) is 5.99. The fourth-order valence-electron chi connectivity index (χ4n) is 2.17. The third-order valence-electron chi connectivity index (χ3n) is 3.46. The van der Waals surface area contributed by atoms with Gasteiger partial charge >= 0.3 is 0 Å². The van der Waals surface area contributed by atoms with Gasteiger partial charge in [-0.3, -0.25) is 4.90 Å². The highest BCUT2D eigenvalue weighted by Crippen LogP contribution is 2.26. The van der Waals surface area contributed by atoms with Crippen LogP contribution in [0.5, 0.6) is 0 Å². The van der Waals surface area contributed by atoms with Gasteiger partial charge in [0.05, 0.1) is 6.10 Å². The van der Waals surface area contributed by atoms with Gasteiger partial charge in [-0.25, -0.2) is 0 Å². The lowest BCUT2D eigenvalue weighted by atomic mass is 9.86. The summed E-state index contributed by atoms with van der Waals surface area (Å²) in [5.74, 6) is 0. The summed E-state index contributed by atoms with van der Waals surface area (Å²) < 4.78 is 0. The lowest BCUT2D eigenvalue weighted by Gasteiger charge is -2.43. The van der Waals surface area contributed by atoms with Crippen LogP contribution in [-0.2, 0) is 0 Å². The lowest BCUT2D eigenvalue weighted by molar-refractivity contribution is -0.0189. The molecule has 2 nitrogen and oxygen atoms in total. The zero-order valence-corrected chi connectivity index (χ0v) is 11.0. The van der Waals surface area contributed by atoms with Gasteiger partial charge in [0.2, 0.25) is 0 Å². The highest BCUT2D eigenvalue weighted by atomic mass is 16.3. The Labute approximate surface area is 95.0 Å². The number of aliphatic hydroxyl groups excluding tert-OH is 1. The third kappa shape index (κ3) is 3.62. The molecule has 0 spiro atoms. The van der Waals surface area contributed by atoms with Crippen molar-refractivity contribution in [3.05, 3.63) is 12.2 Å². The molecule has 0 aliphatic carbocycles. The van der Waals surface area contributed by atoms with E-state index in [0.29, 0.717) is 6.42 Å². The summed E-state index contributed by atoms with van der Waals surface area (Å²) in [4.78, 5) is 2.33. The van der Waals surface area contributed by atoms with Crippen LogP contribution in [0.1, 0.15) is 47.5 Å². The fourth-order valence-corrected chi connectivity index (χ4v) is 2.17. The molecule has 0 rings (SSSR count). The average molecular weight is 213 g/mol. The van der Waals surface area contributed by atoms with Crippen molar-refractivity contribution in [2.45, 2.75) is 59.1 Å². The van der Waals surface area contributed by atoms with Crippen LogP contribution in [0.4, 0.5) is 0 Å². The maximum atomic E-state index is 10.3. The van der Waals surface area contributed by atoms with Crippen LogP contribution < -0.4 is 0 Å². The van der Waals surface area contributed by atoms with E-state index in [1.807, 2.05) is 6.92 Å². The summed E-state index contributed by atoms with van der Waals surface area (Å²) in [6.45, 7) is 16.4. The maximum Gasteiger partial charge on any atom is 0.0757 e. The van der Waals surface area contributed by atoms with Gasteiger partial charge in [-0.2, -0.15) is 0 Å². The van der Waals surface area contributed by atoms with Crippen molar-refractivity contribution in [3.63, 3.8) is 0 Å². The van der Waals surface area contributed by atoms with Crippen molar-refractivity contribution in [1.29, 1.82) is 0 Å². The molecule has 1 N–H and O–H groups in total. The molecule has 0 aromatic heterocycles. The number of hydrogen-bond donors (Lipinski definition) is 1. The molecule has 0 amide bonds. The van der Waals surface area contributed by atoms with E-state index in [0.717, 1.165) is 25.1 Å². The van der Waals surface area contributed by atoms with E-state index in [9.17, 15) is 5.11 Å². The van der Waals surface area contributed by atoms with E-state index in [4.69, 9.17) is 0 Å². The predicted molar refractivity (Wildman–Crippen MR) is 67.1 cm³/mol. The molecular formula is C13H27NO. The molecule has 0 aromatic rings. The quantitative estimate of drug-likeness (QED) is 0.657. The molecule has 0 saturated carbocycles. The monoisotopic (exact) mass is 213 g/mol. The molecule has 0 aliphatic rings. The highest BCUT2D eigenvalue weighted by molar-refractivity contribution is 5.00. The SMILES string of the molecule is C=C(C)CC(O)C(C)(CC)N(CC)CC. The molecule has 0 bridgehead atoms. The Bertz CT molecular complexity index is 199. The standard InChI is InChI=1S/C13H27NO/c1-7-13(6,14(8-2)9-3)12(15)10-11(4)5/h12,15H,4,7-10H2,1-3,5-6H3. The summed E-state index contributed by atoms with van der Waals surface area (Å²) in [5, 5.41) is 10.3. The first kappa shape index (κ1) is 14.7. The van der Waals surface area contributed by atoms with Crippen LogP contribution in [0.3, 0.4) is 0 Å². The van der Waals surface area contributed by atoms with Gasteiger partial charge in [-0.15, -0.1) is 6.58 Å². The highest BCUT2D eigenvalue weighted by Gasteiger charge is 2.35. The Morgan fingerprint density at radius 2 is 1.80 bits per heavy atom. The Morgan fingerprint density at radius 1 is 1.33 bits per heavy atom. The van der Waals surface area contributed by atoms with E-state index in [2.05, 4.69) is 39.2 Å². The number of hydrogen-bond acceptors (Lipinski definition) is 2. The van der Waals surface area contributed by atoms with Crippen molar-refractivity contribution >= 4 is 0 Å². The minimum atomic E-state index is -0.320. The van der Waals surface area contributed by atoms with Gasteiger partial charge in [0.15, 0.2) is 0 Å². The van der Waals surface area contributed by atoms with Crippen molar-refractivity contribution in [2.24, 2.45) is 0 Å². The minimum absolute atomic E-state index is 0.123. The topological polar surface area (TPSA) is 23.5 Å². The molecule has 2 unspecified atom stereocenters. The van der Waals surface area contributed by atoms with E-state index < -0.39 is 0 Å². The van der Waals surface area contributed by atoms with Gasteiger partial charge in [-0.1, -0.05) is 26.3 Å². The van der Waals surface area contributed by atoms with Crippen LogP contribution >= 0.6 is 0 Å². The molecule has 0 fully saturated rings. The predicted octanol–water partition coefficient (Wildman–Crippen LogP) is 2.82. The summed E-state index contributed by atoms with van der Waals surface area (Å²) in [6, 6.07) is 0. The second-order valence-electron chi connectivity index (χ2n) is 4.56. The summed E-state index contributed by atoms with van der Waals surface area (Å²) in [6.07, 6.45) is 1.34. The van der Waals surface area contributed by atoms with E-state index >= 15 is 0 Å². The lowest BCUT2D eigenvalue weighted by Crippen LogP contribution is -2.54. The molecule has 2 atom stereocenters. The summed E-state index contributed by atoms with van der Waals surface area (Å²) in [7, 11) is 0. The summed E-state index contributed by atoms with van der Waals surface area (Å²) >= 11 is 0. The largest absolute Gasteiger partial charge is 0.391 e. The number of nitrogens with zero attached hydrogens (tertiary/aromatic N) is 1. The van der Waals surface area contributed by atoms with E-state index in [1.165, 1.54) is 0 Å². The molecule has 0 heterocycles. The molecule has 0 aliphatic heterocycles. The number of likely N-dealkylation sites (N-methyl/N-ethyl adjacent to an activating group) is 1. The van der Waals surface area contributed by atoms with Crippen LogP contribution in [0.2, 0.25) is 0 Å². The maximum absolute atomic E-state index is 10.3. The zero-order valence-electron chi connectivity index (χ0n) is 11.0. The van der Waals surface area contributed by atoms with Crippen molar-refractivity contribution < 1.29 is 5.11 Å². The Hall–Kier alpha value is -0.340. The molecule has 15 heavy (non-hydrogen) atoms. The second-order valence-corrected chi connectivity index (χ2v) is 4.56. The summed E-state index contributed by atoms with van der Waals surface area (Å²) in [5.41, 5.74) is 0.928. The zero-order chi connectivity index (χ0) is 12.1. The van der Waals surface area contributed by atoms with Crippen LogP contribution in [0, 0.1) is 0 Å². The van der Waals surface area contributed by atoms with E-state index in [-0.39, 0.29) is 11.6 Å². The fraction of sp³-hybridized carbons (Fsp3) is 0.846. The first-order chi connectivity index (χ1) is 6.92. The van der Waals surface area contributed by atoms with Gasteiger partial charge in [0.1, 0.15) is 0 Å². The smallest absolute Gasteiger partial charge is 0.0757 e. The number of aliphatic hydroxyl groups is 1. The molecule has 90 valence electrons. The third-order valence-corrected chi connectivity index (χ3v) is 3.46. The van der Waals surface area contributed by atoms with E-state index in [1.54, 1.807) is 0 Å². The molecule has 2 heteroatoms. The molecule has 0 radical (unpaired) electrons. The van der Waals surface area contributed by atoms with Gasteiger partial charge in [-0.05, 0) is 39.8 Å². The Balaban J connectivity index is 4.72. The van der Waals surface area contributed by atoms with Crippen LogP contribution in [0.15, 0.2) is 12.2 Å². The Kier molecular flexibility index (Phi) is 6.15. The van der Waals surface area contributed by atoms with Gasteiger partial charge in [0, 0.05) is 5.54 Å². The van der Waals surface area contributed by atoms with Crippen LogP contribution in [0.25, 0.3) is 0 Å². The minimum Gasteiger partial charge on any atom is -0.391 e. The number of rotatable bonds is 7. The second kappa shape index (κ2) is 6.29. The normalized spacial score (nSPS) is 17.5. The Morgan fingerprint density at radius 3 is 2.07 bits per heavy atom. The molecule has 0 saturated heterocycles. The van der Waals surface area contributed by atoms with Crippen molar-refractivity contribution in [2.75, 3.05) is 13.1 Å². The average Bonchev–Trinajstić information content (AvgIpc) is 2.18. The molecular weight excluding hydrogens is 186 g/mol. The van der Waals surface area contributed by atoms with Gasteiger partial charge in [0.25, 0.3) is 0 Å². The molecule has 0 aromatic carbocycles. The van der Waals surface area contributed by atoms with Crippen LogP contribution in [-0.4, -0.2) is 34.7 Å².